The first-order valence-corrected chi connectivity index (χ1v) is 13.2. The number of alkyl halides is 3. The Labute approximate surface area is 219 Å². The number of likely N-dealkylation sites (N-methyl/N-ethyl adjacent to an activating group) is 1. The minimum absolute atomic E-state index is 0.0128. The number of guanidine groups is 1. The Morgan fingerprint density at radius 3 is 2.70 bits per heavy atom. The summed E-state index contributed by atoms with van der Waals surface area (Å²) < 4.78 is 40.6. The van der Waals surface area contributed by atoms with Crippen LogP contribution in [0, 0.1) is 0 Å². The fourth-order valence-electron chi connectivity index (χ4n) is 4.26. The molecule has 1 unspecified atom stereocenters. The monoisotopic (exact) mass is 534 g/mol. The number of allylic oxidation sites excluding steroid dienone is 1. The highest BCUT2D eigenvalue weighted by molar-refractivity contribution is 8.03. The van der Waals surface area contributed by atoms with Gasteiger partial charge in [0.15, 0.2) is 5.96 Å². The quantitative estimate of drug-likeness (QED) is 0.308. The second-order valence-corrected chi connectivity index (χ2v) is 9.97. The number of piperidine rings is 1. The average Bonchev–Trinajstić information content (AvgIpc) is 2.86. The molecule has 0 spiro atoms. The molecule has 1 atom stereocenters. The Morgan fingerprint density at radius 2 is 2.03 bits per heavy atom. The van der Waals surface area contributed by atoms with Crippen LogP contribution in [-0.2, 0) is 17.6 Å². The lowest BCUT2D eigenvalue weighted by atomic mass is 9.90. The maximum absolute atomic E-state index is 13.5. The first kappa shape index (κ1) is 28.5. The molecule has 3 rings (SSSR count). The minimum atomic E-state index is -4.58. The first-order chi connectivity index (χ1) is 17.7. The fraction of sp³-hybridized carbons (Fsp3) is 0.423. The molecule has 1 aliphatic heterocycles. The van der Waals surface area contributed by atoms with E-state index >= 15 is 0 Å². The lowest BCUT2D eigenvalue weighted by molar-refractivity contribution is -0.117. The molecule has 0 radical (unpaired) electrons. The maximum Gasteiger partial charge on any atom is 0.423 e. The van der Waals surface area contributed by atoms with Crippen LogP contribution in [0.25, 0.3) is 0 Å². The predicted molar refractivity (Wildman–Crippen MR) is 143 cm³/mol. The van der Waals surface area contributed by atoms with Crippen molar-refractivity contribution >= 4 is 29.3 Å². The average molecular weight is 535 g/mol. The summed E-state index contributed by atoms with van der Waals surface area (Å²) in [5.41, 5.74) is 14.1. The Balaban J connectivity index is 1.60. The highest BCUT2D eigenvalue weighted by Gasteiger charge is 2.34. The number of carbonyl (C=O) groups excluding carboxylic acids is 1. The van der Waals surface area contributed by atoms with Gasteiger partial charge in [0.1, 0.15) is 4.91 Å². The van der Waals surface area contributed by atoms with Crippen LogP contribution < -0.4 is 16.8 Å². The number of hydrogen-bond donors (Lipinski definition) is 3. The number of amides is 1. The summed E-state index contributed by atoms with van der Waals surface area (Å²) in [4.78, 5) is 20.8. The standard InChI is InChI=1S/C26H33F3N6OS/c1-2-35-13-4-6-20(17-35)18-7-9-21(10-8-18)34-25(31)33-16-23(26(27,28)29)37-14-11-22-19(15-24(30)36)5-3-12-32-22/h3,5,7-10,12,16,20H,2,4,6,11,13-15,17H2,1H3,(H2,30,36)(H3,31,33,34)/b23-16-. The van der Waals surface area contributed by atoms with Crippen LogP contribution in [-0.4, -0.2) is 53.3 Å². The summed E-state index contributed by atoms with van der Waals surface area (Å²) in [7, 11) is 0. The molecule has 1 saturated heterocycles. The van der Waals surface area contributed by atoms with E-state index in [0.29, 0.717) is 34.6 Å². The third kappa shape index (κ3) is 9.08. The van der Waals surface area contributed by atoms with Gasteiger partial charge in [-0.2, -0.15) is 13.2 Å². The van der Waals surface area contributed by atoms with E-state index in [9.17, 15) is 18.0 Å². The number of carbonyl (C=O) groups is 1. The number of rotatable bonds is 10. The Kier molecular flexibility index (Phi) is 10.4. The van der Waals surface area contributed by atoms with Gasteiger partial charge in [0.2, 0.25) is 5.91 Å². The molecule has 0 aliphatic carbocycles. The zero-order valence-electron chi connectivity index (χ0n) is 20.8. The maximum atomic E-state index is 13.5. The Bertz CT molecular complexity index is 1100. The molecule has 2 heterocycles. The van der Waals surface area contributed by atoms with Crippen LogP contribution in [0.2, 0.25) is 0 Å². The van der Waals surface area contributed by atoms with Crippen LogP contribution in [0.3, 0.4) is 0 Å². The smallest absolute Gasteiger partial charge is 0.369 e. The molecule has 1 aliphatic rings. The largest absolute Gasteiger partial charge is 0.423 e. The highest BCUT2D eigenvalue weighted by Crippen LogP contribution is 2.35. The van der Waals surface area contributed by atoms with Crippen molar-refractivity contribution in [2.24, 2.45) is 16.5 Å². The van der Waals surface area contributed by atoms with Gasteiger partial charge in [-0.25, -0.2) is 4.99 Å². The second kappa shape index (κ2) is 13.5. The third-order valence-electron chi connectivity index (χ3n) is 6.15. The fourth-order valence-corrected chi connectivity index (χ4v) is 5.06. The number of aryl methyl sites for hydroxylation is 1. The van der Waals surface area contributed by atoms with Crippen molar-refractivity contribution in [1.29, 1.82) is 0 Å². The van der Waals surface area contributed by atoms with E-state index in [2.05, 4.69) is 27.1 Å². The second-order valence-electron chi connectivity index (χ2n) is 8.84. The van der Waals surface area contributed by atoms with E-state index in [1.807, 2.05) is 24.3 Å². The van der Waals surface area contributed by atoms with Gasteiger partial charge < -0.3 is 21.7 Å². The number of likely N-dealkylation sites (tertiary alicyclic amines) is 1. The Morgan fingerprint density at radius 1 is 1.27 bits per heavy atom. The minimum Gasteiger partial charge on any atom is -0.369 e. The molecule has 5 N–H and O–H groups in total. The summed E-state index contributed by atoms with van der Waals surface area (Å²) in [6.45, 7) is 5.36. The van der Waals surface area contributed by atoms with Crippen LogP contribution in [0.4, 0.5) is 18.9 Å². The van der Waals surface area contributed by atoms with Crippen LogP contribution in [0.15, 0.2) is 58.7 Å². The molecular formula is C26H33F3N6OS. The van der Waals surface area contributed by atoms with Gasteiger partial charge in [-0.15, -0.1) is 11.8 Å². The number of thioether (sulfide) groups is 1. The summed E-state index contributed by atoms with van der Waals surface area (Å²) in [6.07, 6.45) is 0.212. The van der Waals surface area contributed by atoms with Crippen molar-refractivity contribution in [2.45, 2.75) is 44.7 Å². The van der Waals surface area contributed by atoms with E-state index in [0.717, 1.165) is 32.3 Å². The molecule has 1 aromatic heterocycles. The molecule has 11 heteroatoms. The molecular weight excluding hydrogens is 501 g/mol. The lowest BCUT2D eigenvalue weighted by Crippen LogP contribution is -2.34. The van der Waals surface area contributed by atoms with Gasteiger partial charge in [-0.3, -0.25) is 9.78 Å². The number of anilines is 1. The zero-order valence-corrected chi connectivity index (χ0v) is 21.6. The molecule has 1 fully saturated rings. The third-order valence-corrected chi connectivity index (χ3v) is 7.21. The van der Waals surface area contributed by atoms with Gasteiger partial charge in [0.05, 0.1) is 6.42 Å². The van der Waals surface area contributed by atoms with Gasteiger partial charge in [0.25, 0.3) is 0 Å². The predicted octanol–water partition coefficient (Wildman–Crippen LogP) is 4.41. The van der Waals surface area contributed by atoms with Crippen molar-refractivity contribution in [1.82, 2.24) is 9.88 Å². The number of halogens is 3. The molecule has 0 saturated carbocycles. The van der Waals surface area contributed by atoms with Crippen molar-refractivity contribution < 1.29 is 18.0 Å². The molecule has 1 amide bonds. The van der Waals surface area contributed by atoms with Crippen LogP contribution in [0.1, 0.15) is 42.5 Å². The van der Waals surface area contributed by atoms with Crippen molar-refractivity contribution in [2.75, 3.05) is 30.7 Å². The van der Waals surface area contributed by atoms with E-state index < -0.39 is 17.0 Å². The molecule has 2 aromatic rings. The van der Waals surface area contributed by atoms with E-state index in [1.165, 1.54) is 18.2 Å². The molecule has 200 valence electrons. The summed E-state index contributed by atoms with van der Waals surface area (Å²) in [6, 6.07) is 11.1. The lowest BCUT2D eigenvalue weighted by Gasteiger charge is -2.32. The number of benzene rings is 1. The van der Waals surface area contributed by atoms with E-state index in [1.54, 1.807) is 12.1 Å². The number of nitrogens with one attached hydrogen (secondary N) is 1. The SMILES string of the molecule is CCN1CCCC(c2ccc(NC(N)=N/C=C(\SCCc3ncccc3CC(N)=O)C(F)(F)F)cc2)C1. The summed E-state index contributed by atoms with van der Waals surface area (Å²) in [5, 5.41) is 2.85. The van der Waals surface area contributed by atoms with Crippen LogP contribution in [0.5, 0.6) is 0 Å². The topological polar surface area (TPSA) is 110 Å². The van der Waals surface area contributed by atoms with E-state index in [-0.39, 0.29) is 24.6 Å². The molecule has 37 heavy (non-hydrogen) atoms. The first-order valence-electron chi connectivity index (χ1n) is 12.2. The van der Waals surface area contributed by atoms with Crippen molar-refractivity contribution in [3.8, 4) is 0 Å². The number of aromatic nitrogens is 1. The Hall–Kier alpha value is -3.05. The van der Waals surface area contributed by atoms with Crippen LogP contribution >= 0.6 is 11.8 Å². The summed E-state index contributed by atoms with van der Waals surface area (Å²) >= 11 is 0.604. The van der Waals surface area contributed by atoms with E-state index in [4.69, 9.17) is 11.5 Å². The zero-order chi connectivity index (χ0) is 26.8. The molecule has 1 aromatic carbocycles. The number of nitrogens with two attached hydrogens (primary N) is 2. The molecule has 0 bridgehead atoms. The van der Waals surface area contributed by atoms with Crippen molar-refractivity contribution in [3.63, 3.8) is 0 Å². The summed E-state index contributed by atoms with van der Waals surface area (Å²) in [5.74, 6) is -0.101. The normalized spacial score (nSPS) is 17.6. The van der Waals surface area contributed by atoms with Gasteiger partial charge in [-0.05, 0) is 67.6 Å². The van der Waals surface area contributed by atoms with Gasteiger partial charge >= 0.3 is 6.18 Å². The van der Waals surface area contributed by atoms with Gasteiger partial charge in [-0.1, -0.05) is 25.1 Å². The van der Waals surface area contributed by atoms with Gasteiger partial charge in [0, 0.05) is 36.1 Å². The number of nitrogens with zero attached hydrogens (tertiary/aromatic N) is 3. The molecule has 7 nitrogen and oxygen atoms in total. The number of hydrogen-bond acceptors (Lipinski definition) is 5. The highest BCUT2D eigenvalue weighted by atomic mass is 32.2. The van der Waals surface area contributed by atoms with Crippen molar-refractivity contribution in [3.05, 3.63) is 70.5 Å². The number of aliphatic imine (C=N–C) groups is 1. The number of primary amides is 1. The number of pyridine rings is 1.